The smallest absolute Gasteiger partial charge is 0.228 e. The number of piperazine rings is 1. The van der Waals surface area contributed by atoms with E-state index < -0.39 is 11.6 Å². The molecular formula is C27H30F2N8O. The Bertz CT molecular complexity index is 1430. The number of ether oxygens (including phenoxy) is 1. The molecule has 2 aliphatic rings. The van der Waals surface area contributed by atoms with Gasteiger partial charge in [0.05, 0.1) is 30.0 Å². The minimum absolute atomic E-state index is 0.225. The molecule has 2 N–H and O–H groups in total. The van der Waals surface area contributed by atoms with Gasteiger partial charge < -0.3 is 15.4 Å². The van der Waals surface area contributed by atoms with Gasteiger partial charge >= 0.3 is 0 Å². The van der Waals surface area contributed by atoms with E-state index in [1.54, 1.807) is 30.3 Å². The molecule has 4 heterocycles. The number of morpholine rings is 1. The fraction of sp³-hybridized carbons (Fsp3) is 0.370. The molecule has 0 saturated carbocycles. The molecule has 6 rings (SSSR count). The van der Waals surface area contributed by atoms with Crippen LogP contribution in [0.1, 0.15) is 0 Å². The molecule has 2 saturated heterocycles. The van der Waals surface area contributed by atoms with Gasteiger partial charge in [0.25, 0.3) is 0 Å². The highest BCUT2D eigenvalue weighted by atomic mass is 19.1. The topological polar surface area (TPSA) is 88.6 Å². The molecule has 4 aromatic rings. The van der Waals surface area contributed by atoms with Gasteiger partial charge in [-0.15, -0.1) is 5.10 Å². The maximum Gasteiger partial charge on any atom is 0.228 e. The number of halogens is 2. The van der Waals surface area contributed by atoms with Crippen LogP contribution < -0.4 is 10.6 Å². The van der Waals surface area contributed by atoms with Crippen LogP contribution in [0.25, 0.3) is 28.0 Å². The van der Waals surface area contributed by atoms with Crippen molar-refractivity contribution < 1.29 is 13.5 Å². The summed E-state index contributed by atoms with van der Waals surface area (Å²) in [5.41, 5.74) is 7.97. The molecule has 0 spiro atoms. The molecule has 0 radical (unpaired) electrons. The highest BCUT2D eigenvalue weighted by Crippen LogP contribution is 2.34. The van der Waals surface area contributed by atoms with Gasteiger partial charge in [0, 0.05) is 57.9 Å². The second kappa shape index (κ2) is 10.6. The fourth-order valence-electron chi connectivity index (χ4n) is 5.07. The van der Waals surface area contributed by atoms with Gasteiger partial charge in [-0.3, -0.25) is 9.80 Å². The number of nitrogen functional groups attached to an aromatic ring is 1. The molecular weight excluding hydrogens is 490 g/mol. The molecule has 0 atom stereocenters. The lowest BCUT2D eigenvalue weighted by molar-refractivity contribution is 0.0331. The number of aromatic nitrogens is 4. The van der Waals surface area contributed by atoms with Crippen molar-refractivity contribution in [1.82, 2.24) is 29.5 Å². The maximum atomic E-state index is 15.0. The predicted molar refractivity (Wildman–Crippen MR) is 142 cm³/mol. The first-order valence-corrected chi connectivity index (χ1v) is 12.9. The summed E-state index contributed by atoms with van der Waals surface area (Å²) in [5.74, 6) is -0.117. The van der Waals surface area contributed by atoms with Crippen LogP contribution in [-0.4, -0.2) is 95.1 Å². The Kier molecular flexibility index (Phi) is 6.88. The first kappa shape index (κ1) is 24.7. The molecule has 0 unspecified atom stereocenters. The standard InChI is InChI=1S/C27H30F2N8O/c28-19-4-3-5-20(18-19)37-25(30)23-24(21-6-1-2-7-22(21)29)31-27(32-26(23)33-37)36-12-10-34(11-13-36)8-9-35-14-16-38-17-15-35/h1-7,18H,8-17,30H2. The molecule has 198 valence electrons. The summed E-state index contributed by atoms with van der Waals surface area (Å²) in [6.07, 6.45) is 0. The average molecular weight is 521 g/mol. The van der Waals surface area contributed by atoms with Crippen LogP contribution >= 0.6 is 0 Å². The second-order valence-corrected chi connectivity index (χ2v) is 9.61. The summed E-state index contributed by atoms with van der Waals surface area (Å²) < 4.78 is 35.8. The molecule has 9 nitrogen and oxygen atoms in total. The number of rotatable bonds is 6. The van der Waals surface area contributed by atoms with Crippen molar-refractivity contribution in [3.05, 3.63) is 60.2 Å². The highest BCUT2D eigenvalue weighted by molar-refractivity contribution is 5.99. The van der Waals surface area contributed by atoms with Gasteiger partial charge in [0.1, 0.15) is 17.5 Å². The Labute approximate surface area is 219 Å². The van der Waals surface area contributed by atoms with Crippen molar-refractivity contribution in [2.75, 3.05) is 76.2 Å². The van der Waals surface area contributed by atoms with E-state index in [1.165, 1.54) is 22.9 Å². The Morgan fingerprint density at radius 1 is 0.842 bits per heavy atom. The third-order valence-corrected chi connectivity index (χ3v) is 7.23. The van der Waals surface area contributed by atoms with Crippen LogP contribution in [0.4, 0.5) is 20.5 Å². The van der Waals surface area contributed by atoms with Crippen LogP contribution in [0.15, 0.2) is 48.5 Å². The fourth-order valence-corrected chi connectivity index (χ4v) is 5.07. The van der Waals surface area contributed by atoms with E-state index in [2.05, 4.69) is 19.8 Å². The van der Waals surface area contributed by atoms with Gasteiger partial charge in [-0.1, -0.05) is 18.2 Å². The molecule has 0 amide bonds. The molecule has 2 aromatic carbocycles. The zero-order chi connectivity index (χ0) is 26.1. The van der Waals surface area contributed by atoms with E-state index >= 15 is 0 Å². The van der Waals surface area contributed by atoms with E-state index in [-0.39, 0.29) is 5.82 Å². The number of hydrogen-bond acceptors (Lipinski definition) is 8. The SMILES string of the molecule is Nc1c2c(-c3ccccc3F)nc(N3CCN(CCN4CCOCC4)CC3)nc2nn1-c1cccc(F)c1. The Balaban J connectivity index is 1.31. The number of fused-ring (bicyclic) bond motifs is 1. The molecule has 38 heavy (non-hydrogen) atoms. The summed E-state index contributed by atoms with van der Waals surface area (Å²) in [4.78, 5) is 16.5. The summed E-state index contributed by atoms with van der Waals surface area (Å²) in [5, 5.41) is 5.03. The van der Waals surface area contributed by atoms with Crippen molar-refractivity contribution in [3.63, 3.8) is 0 Å². The van der Waals surface area contributed by atoms with E-state index in [0.29, 0.717) is 33.9 Å². The molecule has 0 bridgehead atoms. The average Bonchev–Trinajstić information content (AvgIpc) is 3.29. The zero-order valence-corrected chi connectivity index (χ0v) is 21.1. The third kappa shape index (κ3) is 4.92. The van der Waals surface area contributed by atoms with Gasteiger partial charge in [-0.2, -0.15) is 4.98 Å². The summed E-state index contributed by atoms with van der Waals surface area (Å²) in [7, 11) is 0. The first-order chi connectivity index (χ1) is 18.6. The van der Waals surface area contributed by atoms with Gasteiger partial charge in [-0.05, 0) is 30.3 Å². The van der Waals surface area contributed by atoms with Gasteiger partial charge in [0.15, 0.2) is 5.65 Å². The molecule has 2 aromatic heterocycles. The summed E-state index contributed by atoms with van der Waals surface area (Å²) in [6, 6.07) is 12.4. The van der Waals surface area contributed by atoms with Crippen LogP contribution in [0.3, 0.4) is 0 Å². The normalized spacial score (nSPS) is 17.4. The Morgan fingerprint density at radius 2 is 1.58 bits per heavy atom. The van der Waals surface area contributed by atoms with E-state index in [0.717, 1.165) is 65.6 Å². The predicted octanol–water partition coefficient (Wildman–Crippen LogP) is 2.80. The highest BCUT2D eigenvalue weighted by Gasteiger charge is 2.25. The van der Waals surface area contributed by atoms with Crippen LogP contribution in [0, 0.1) is 11.6 Å². The van der Waals surface area contributed by atoms with Crippen molar-refractivity contribution in [2.45, 2.75) is 0 Å². The van der Waals surface area contributed by atoms with Crippen LogP contribution in [0.5, 0.6) is 0 Å². The molecule has 0 aliphatic carbocycles. The van der Waals surface area contributed by atoms with Gasteiger partial charge in [-0.25, -0.2) is 18.4 Å². The number of benzene rings is 2. The van der Waals surface area contributed by atoms with Crippen molar-refractivity contribution in [2.24, 2.45) is 0 Å². The minimum Gasteiger partial charge on any atom is -0.383 e. The lowest BCUT2D eigenvalue weighted by Crippen LogP contribution is -2.49. The molecule has 2 aliphatic heterocycles. The van der Waals surface area contributed by atoms with Gasteiger partial charge in [0.2, 0.25) is 5.95 Å². The van der Waals surface area contributed by atoms with Crippen LogP contribution in [-0.2, 0) is 4.74 Å². The molecule has 2 fully saturated rings. The van der Waals surface area contributed by atoms with Crippen LogP contribution in [0.2, 0.25) is 0 Å². The van der Waals surface area contributed by atoms with Crippen molar-refractivity contribution in [3.8, 4) is 16.9 Å². The van der Waals surface area contributed by atoms with Crippen molar-refractivity contribution in [1.29, 1.82) is 0 Å². The Hall–Kier alpha value is -3.67. The maximum absolute atomic E-state index is 15.0. The number of nitrogens with two attached hydrogens (primary N) is 1. The Morgan fingerprint density at radius 3 is 2.32 bits per heavy atom. The molecule has 11 heteroatoms. The van der Waals surface area contributed by atoms with E-state index in [1.807, 2.05) is 0 Å². The number of anilines is 2. The quantitative estimate of drug-likeness (QED) is 0.415. The summed E-state index contributed by atoms with van der Waals surface area (Å²) in [6.45, 7) is 8.84. The minimum atomic E-state index is -0.413. The number of hydrogen-bond donors (Lipinski definition) is 1. The van der Waals surface area contributed by atoms with E-state index in [9.17, 15) is 8.78 Å². The van der Waals surface area contributed by atoms with Crippen molar-refractivity contribution >= 4 is 22.8 Å². The zero-order valence-electron chi connectivity index (χ0n) is 21.1. The first-order valence-electron chi connectivity index (χ1n) is 12.9. The summed E-state index contributed by atoms with van der Waals surface area (Å²) >= 11 is 0. The number of nitrogens with zero attached hydrogens (tertiary/aromatic N) is 7. The lowest BCUT2D eigenvalue weighted by Gasteiger charge is -2.36. The second-order valence-electron chi connectivity index (χ2n) is 9.61. The largest absolute Gasteiger partial charge is 0.383 e. The lowest BCUT2D eigenvalue weighted by atomic mass is 10.1. The monoisotopic (exact) mass is 520 g/mol. The van der Waals surface area contributed by atoms with E-state index in [4.69, 9.17) is 20.4 Å². The third-order valence-electron chi connectivity index (χ3n) is 7.23.